The zero-order valence-electron chi connectivity index (χ0n) is 15.6. The highest BCUT2D eigenvalue weighted by Gasteiger charge is 2.16. The van der Waals surface area contributed by atoms with Gasteiger partial charge in [0.2, 0.25) is 0 Å². The van der Waals surface area contributed by atoms with Crippen LogP contribution in [-0.2, 0) is 0 Å². The average Bonchev–Trinajstić information content (AvgIpc) is 2.73. The van der Waals surface area contributed by atoms with Gasteiger partial charge in [-0.15, -0.1) is 0 Å². The number of para-hydroxylation sites is 3. The maximum absolute atomic E-state index is 12.8. The summed E-state index contributed by atoms with van der Waals surface area (Å²) in [5.41, 5.74) is 1.93. The number of benzene rings is 3. The monoisotopic (exact) mass is 374 g/mol. The van der Waals surface area contributed by atoms with E-state index >= 15 is 0 Å². The van der Waals surface area contributed by atoms with Crippen molar-refractivity contribution in [3.63, 3.8) is 0 Å². The molecule has 3 rings (SSSR count). The van der Waals surface area contributed by atoms with Crippen LogP contribution in [0.1, 0.15) is 34.1 Å². The van der Waals surface area contributed by atoms with Gasteiger partial charge in [-0.3, -0.25) is 9.59 Å². The molecule has 0 unspecified atom stereocenters. The van der Waals surface area contributed by atoms with Crippen LogP contribution in [0.25, 0.3) is 0 Å². The minimum absolute atomic E-state index is 0.294. The van der Waals surface area contributed by atoms with Crippen LogP contribution in [0.15, 0.2) is 78.9 Å². The third-order valence-electron chi connectivity index (χ3n) is 4.04. The molecule has 0 radical (unpaired) electrons. The maximum Gasteiger partial charge on any atom is 0.259 e. The number of amides is 2. The highest BCUT2D eigenvalue weighted by Crippen LogP contribution is 2.22. The molecule has 3 aromatic carbocycles. The molecule has 0 saturated carbocycles. The second kappa shape index (κ2) is 9.37. The molecule has 0 atom stereocenters. The third kappa shape index (κ3) is 4.76. The Bertz CT molecular complexity index is 955. The molecule has 2 amide bonds. The SMILES string of the molecule is CCCOc1ccccc1C(=O)Nc1ccccc1C(=O)Nc1ccccc1. The van der Waals surface area contributed by atoms with Crippen LogP contribution in [0.4, 0.5) is 11.4 Å². The summed E-state index contributed by atoms with van der Waals surface area (Å²) in [5, 5.41) is 5.67. The molecular weight excluding hydrogens is 352 g/mol. The first kappa shape index (κ1) is 19.2. The molecule has 0 aromatic heterocycles. The number of carbonyl (C=O) groups excluding carboxylic acids is 2. The van der Waals surface area contributed by atoms with Crippen LogP contribution in [0, 0.1) is 0 Å². The van der Waals surface area contributed by atoms with Crippen LogP contribution in [0.5, 0.6) is 5.75 Å². The summed E-state index contributed by atoms with van der Waals surface area (Å²) >= 11 is 0. The standard InChI is InChI=1S/C23H22N2O3/c1-2-16-28-21-15-9-7-13-19(21)23(27)25-20-14-8-6-12-18(20)22(26)24-17-10-4-3-5-11-17/h3-15H,2,16H2,1H3,(H,24,26)(H,25,27). The van der Waals surface area contributed by atoms with Crippen molar-refractivity contribution in [3.05, 3.63) is 90.0 Å². The Morgan fingerprint density at radius 3 is 2.11 bits per heavy atom. The van der Waals surface area contributed by atoms with E-state index in [4.69, 9.17) is 4.74 Å². The lowest BCUT2D eigenvalue weighted by atomic mass is 10.1. The second-order valence-corrected chi connectivity index (χ2v) is 6.16. The van der Waals surface area contributed by atoms with Crippen molar-refractivity contribution >= 4 is 23.2 Å². The van der Waals surface area contributed by atoms with E-state index in [0.717, 1.165) is 6.42 Å². The first-order valence-corrected chi connectivity index (χ1v) is 9.17. The zero-order chi connectivity index (χ0) is 19.8. The van der Waals surface area contributed by atoms with Gasteiger partial charge in [-0.05, 0) is 42.8 Å². The Hall–Kier alpha value is -3.60. The van der Waals surface area contributed by atoms with Gasteiger partial charge in [-0.2, -0.15) is 0 Å². The average molecular weight is 374 g/mol. The summed E-state index contributed by atoms with van der Waals surface area (Å²) in [6, 6.07) is 23.1. The smallest absolute Gasteiger partial charge is 0.259 e. The first-order chi connectivity index (χ1) is 13.7. The number of anilines is 2. The molecular formula is C23H22N2O3. The molecule has 0 spiro atoms. The first-order valence-electron chi connectivity index (χ1n) is 9.17. The van der Waals surface area contributed by atoms with Gasteiger partial charge >= 0.3 is 0 Å². The highest BCUT2D eigenvalue weighted by molar-refractivity contribution is 6.13. The number of hydrogen-bond acceptors (Lipinski definition) is 3. The lowest BCUT2D eigenvalue weighted by Crippen LogP contribution is -2.19. The highest BCUT2D eigenvalue weighted by atomic mass is 16.5. The summed E-state index contributed by atoms with van der Waals surface area (Å²) in [5.74, 6) is -0.0997. The fourth-order valence-corrected chi connectivity index (χ4v) is 2.69. The Balaban J connectivity index is 1.80. The van der Waals surface area contributed by atoms with Gasteiger partial charge in [-0.25, -0.2) is 0 Å². The Morgan fingerprint density at radius 1 is 0.750 bits per heavy atom. The molecule has 28 heavy (non-hydrogen) atoms. The molecule has 0 heterocycles. The number of nitrogens with one attached hydrogen (secondary N) is 2. The molecule has 3 aromatic rings. The maximum atomic E-state index is 12.8. The Kier molecular flexibility index (Phi) is 6.41. The quantitative estimate of drug-likeness (QED) is 0.613. The van der Waals surface area contributed by atoms with Gasteiger partial charge in [0.1, 0.15) is 5.75 Å². The molecule has 5 nitrogen and oxygen atoms in total. The Morgan fingerprint density at radius 2 is 1.36 bits per heavy atom. The van der Waals surface area contributed by atoms with Crippen LogP contribution in [0.2, 0.25) is 0 Å². The molecule has 0 aliphatic heterocycles. The second-order valence-electron chi connectivity index (χ2n) is 6.16. The van der Waals surface area contributed by atoms with Crippen LogP contribution in [0.3, 0.4) is 0 Å². The van der Waals surface area contributed by atoms with Crippen molar-refractivity contribution in [1.29, 1.82) is 0 Å². The number of carbonyl (C=O) groups is 2. The minimum Gasteiger partial charge on any atom is -0.493 e. The predicted octanol–water partition coefficient (Wildman–Crippen LogP) is 4.98. The molecule has 0 aliphatic carbocycles. The van der Waals surface area contributed by atoms with E-state index in [0.29, 0.717) is 34.9 Å². The fourth-order valence-electron chi connectivity index (χ4n) is 2.69. The lowest BCUT2D eigenvalue weighted by Gasteiger charge is -2.13. The molecule has 0 saturated heterocycles. The van der Waals surface area contributed by atoms with Gasteiger partial charge in [0.25, 0.3) is 11.8 Å². The van der Waals surface area contributed by atoms with Crippen LogP contribution in [-0.4, -0.2) is 18.4 Å². The number of hydrogen-bond donors (Lipinski definition) is 2. The lowest BCUT2D eigenvalue weighted by molar-refractivity contribution is 0.102. The van der Waals surface area contributed by atoms with Crippen molar-refractivity contribution in [1.82, 2.24) is 0 Å². The molecule has 2 N–H and O–H groups in total. The normalized spacial score (nSPS) is 10.2. The van der Waals surface area contributed by atoms with Crippen molar-refractivity contribution in [3.8, 4) is 5.75 Å². The van der Waals surface area contributed by atoms with Crippen LogP contribution < -0.4 is 15.4 Å². The van der Waals surface area contributed by atoms with Crippen molar-refractivity contribution < 1.29 is 14.3 Å². The Labute approximate surface area is 164 Å². The van der Waals surface area contributed by atoms with Crippen molar-refractivity contribution in [2.75, 3.05) is 17.2 Å². The van der Waals surface area contributed by atoms with Gasteiger partial charge in [0, 0.05) is 5.69 Å². The predicted molar refractivity (Wildman–Crippen MR) is 111 cm³/mol. The molecule has 142 valence electrons. The summed E-state index contributed by atoms with van der Waals surface area (Å²) in [7, 11) is 0. The summed E-state index contributed by atoms with van der Waals surface area (Å²) in [6.07, 6.45) is 0.846. The van der Waals surface area contributed by atoms with E-state index in [1.54, 1.807) is 54.6 Å². The summed E-state index contributed by atoms with van der Waals surface area (Å²) in [4.78, 5) is 25.5. The fraction of sp³-hybridized carbons (Fsp3) is 0.130. The summed E-state index contributed by atoms with van der Waals surface area (Å²) < 4.78 is 5.66. The summed E-state index contributed by atoms with van der Waals surface area (Å²) in [6.45, 7) is 2.53. The van der Waals surface area contributed by atoms with E-state index in [9.17, 15) is 9.59 Å². The molecule has 5 heteroatoms. The number of rotatable bonds is 7. The molecule has 0 bridgehead atoms. The van der Waals surface area contributed by atoms with E-state index < -0.39 is 0 Å². The molecule has 0 aliphatic rings. The van der Waals surface area contributed by atoms with E-state index in [1.807, 2.05) is 31.2 Å². The van der Waals surface area contributed by atoms with Crippen molar-refractivity contribution in [2.45, 2.75) is 13.3 Å². The van der Waals surface area contributed by atoms with Gasteiger partial charge < -0.3 is 15.4 Å². The zero-order valence-corrected chi connectivity index (χ0v) is 15.6. The van der Waals surface area contributed by atoms with E-state index in [2.05, 4.69) is 10.6 Å². The third-order valence-corrected chi connectivity index (χ3v) is 4.04. The van der Waals surface area contributed by atoms with E-state index in [1.165, 1.54) is 0 Å². The molecule has 0 fully saturated rings. The largest absolute Gasteiger partial charge is 0.493 e. The van der Waals surface area contributed by atoms with Gasteiger partial charge in [0.15, 0.2) is 0 Å². The van der Waals surface area contributed by atoms with Crippen molar-refractivity contribution in [2.24, 2.45) is 0 Å². The number of ether oxygens (including phenoxy) is 1. The van der Waals surface area contributed by atoms with Crippen LogP contribution >= 0.6 is 0 Å². The van der Waals surface area contributed by atoms with Gasteiger partial charge in [0.05, 0.1) is 23.4 Å². The minimum atomic E-state index is -0.327. The van der Waals surface area contributed by atoms with Gasteiger partial charge in [-0.1, -0.05) is 49.4 Å². The van der Waals surface area contributed by atoms with E-state index in [-0.39, 0.29) is 11.8 Å². The topological polar surface area (TPSA) is 67.4 Å².